The molecule has 0 fully saturated rings. The van der Waals surface area contributed by atoms with E-state index in [1.165, 1.54) is 0 Å². The molecule has 1 amide bonds. The zero-order chi connectivity index (χ0) is 23.9. The molecule has 0 radical (unpaired) electrons. The van der Waals surface area contributed by atoms with Crippen LogP contribution in [0, 0.1) is 0 Å². The minimum Gasteiger partial charge on any atom is -0.487 e. The van der Waals surface area contributed by atoms with Crippen LogP contribution in [0.15, 0.2) is 91.0 Å². The van der Waals surface area contributed by atoms with Gasteiger partial charge in [0.1, 0.15) is 19.0 Å². The van der Waals surface area contributed by atoms with Crippen molar-refractivity contribution in [2.24, 2.45) is 0 Å². The van der Waals surface area contributed by atoms with Crippen LogP contribution in [0.3, 0.4) is 0 Å². The molecule has 2 N–H and O–H groups in total. The van der Waals surface area contributed by atoms with Crippen LogP contribution in [0.1, 0.15) is 23.4 Å². The lowest BCUT2D eigenvalue weighted by Crippen LogP contribution is -2.25. The maximum absolute atomic E-state index is 11.9. The summed E-state index contributed by atoms with van der Waals surface area (Å²) in [4.78, 5) is 20.0. The van der Waals surface area contributed by atoms with Gasteiger partial charge < -0.3 is 19.8 Å². The third-order valence-corrected chi connectivity index (χ3v) is 5.80. The number of aromatic nitrogens is 2. The van der Waals surface area contributed by atoms with Crippen molar-refractivity contribution in [2.45, 2.75) is 26.1 Å². The zero-order valence-corrected chi connectivity index (χ0v) is 19.4. The predicted octanol–water partition coefficient (Wildman–Crippen LogP) is 6.15. The van der Waals surface area contributed by atoms with Crippen molar-refractivity contribution < 1.29 is 14.3 Å². The summed E-state index contributed by atoms with van der Waals surface area (Å²) in [7, 11) is 0. The van der Waals surface area contributed by atoms with Gasteiger partial charge in [-0.25, -0.2) is 9.78 Å². The number of alkyl carbamates (subject to hydrolysis) is 1. The summed E-state index contributed by atoms with van der Waals surface area (Å²) in [5.41, 5.74) is 5.02. The average Bonchev–Trinajstić information content (AvgIpc) is 3.31. The van der Waals surface area contributed by atoms with Crippen LogP contribution in [0.25, 0.3) is 21.8 Å². The van der Waals surface area contributed by atoms with Gasteiger partial charge in [-0.2, -0.15) is 0 Å². The van der Waals surface area contributed by atoms with Gasteiger partial charge in [-0.05, 0) is 54.8 Å². The Morgan fingerprint density at radius 1 is 0.857 bits per heavy atom. The number of ether oxygens (including phenoxy) is 2. The van der Waals surface area contributed by atoms with Gasteiger partial charge in [0.25, 0.3) is 0 Å². The summed E-state index contributed by atoms with van der Waals surface area (Å²) in [5.74, 6) is 0.806. The van der Waals surface area contributed by atoms with Crippen molar-refractivity contribution in [3.63, 3.8) is 0 Å². The molecule has 5 rings (SSSR count). The molecule has 6 heteroatoms. The van der Waals surface area contributed by atoms with Crippen molar-refractivity contribution in [1.29, 1.82) is 0 Å². The molecule has 0 aliphatic heterocycles. The maximum atomic E-state index is 11.9. The first-order chi connectivity index (χ1) is 17.2. The highest BCUT2D eigenvalue weighted by Gasteiger charge is 2.06. The second-order valence-corrected chi connectivity index (χ2v) is 8.42. The molecule has 176 valence electrons. The summed E-state index contributed by atoms with van der Waals surface area (Å²) in [5, 5.41) is 5.03. The van der Waals surface area contributed by atoms with Gasteiger partial charge in [0.15, 0.2) is 0 Å². The Hall–Kier alpha value is -4.32. The van der Waals surface area contributed by atoms with Gasteiger partial charge in [-0.3, -0.25) is 0 Å². The number of aryl methyl sites for hydroxylation is 1. The van der Waals surface area contributed by atoms with Crippen molar-refractivity contribution in [3.05, 3.63) is 108 Å². The first-order valence-electron chi connectivity index (χ1n) is 11.8. The molecule has 6 nitrogen and oxygen atoms in total. The van der Waals surface area contributed by atoms with Gasteiger partial charge >= 0.3 is 6.09 Å². The number of carbonyl (C=O) groups excluding carboxylic acids is 1. The zero-order valence-electron chi connectivity index (χ0n) is 19.4. The Morgan fingerprint density at radius 2 is 1.71 bits per heavy atom. The average molecular weight is 466 g/mol. The monoisotopic (exact) mass is 465 g/mol. The molecule has 0 atom stereocenters. The van der Waals surface area contributed by atoms with Crippen molar-refractivity contribution in [2.75, 3.05) is 6.54 Å². The minimum absolute atomic E-state index is 0.274. The molecular weight excluding hydrogens is 438 g/mol. The fourth-order valence-corrected chi connectivity index (χ4v) is 3.98. The highest BCUT2D eigenvalue weighted by atomic mass is 16.5. The van der Waals surface area contributed by atoms with E-state index in [-0.39, 0.29) is 6.61 Å². The molecule has 35 heavy (non-hydrogen) atoms. The van der Waals surface area contributed by atoms with E-state index in [2.05, 4.69) is 33.5 Å². The molecule has 2 aromatic heterocycles. The summed E-state index contributed by atoms with van der Waals surface area (Å²) in [6.07, 6.45) is 1.24. The first kappa shape index (κ1) is 22.5. The smallest absolute Gasteiger partial charge is 0.407 e. The van der Waals surface area contributed by atoms with Gasteiger partial charge in [-0.1, -0.05) is 54.6 Å². The van der Waals surface area contributed by atoms with Crippen molar-refractivity contribution in [1.82, 2.24) is 15.3 Å². The Labute approximate surface area is 203 Å². The molecule has 0 aliphatic carbocycles. The second-order valence-electron chi connectivity index (χ2n) is 8.42. The molecule has 2 heterocycles. The van der Waals surface area contributed by atoms with Crippen LogP contribution in [0.4, 0.5) is 4.79 Å². The number of nitrogens with one attached hydrogen (secondary N) is 2. The Kier molecular flexibility index (Phi) is 6.89. The number of rotatable bonds is 9. The van der Waals surface area contributed by atoms with E-state index in [9.17, 15) is 4.79 Å². The molecule has 3 aromatic carbocycles. The van der Waals surface area contributed by atoms with Crippen LogP contribution in [0.5, 0.6) is 5.75 Å². The molecule has 0 saturated heterocycles. The number of nitrogens with zero attached hydrogens (tertiary/aromatic N) is 1. The number of amides is 1. The third-order valence-electron chi connectivity index (χ3n) is 5.80. The van der Waals surface area contributed by atoms with E-state index in [1.807, 2.05) is 72.8 Å². The first-order valence-corrected chi connectivity index (χ1v) is 11.8. The molecule has 0 aliphatic rings. The Balaban J connectivity index is 1.09. The number of carbonyl (C=O) groups is 1. The van der Waals surface area contributed by atoms with Crippen LogP contribution in [0.2, 0.25) is 0 Å². The van der Waals surface area contributed by atoms with Gasteiger partial charge in [0, 0.05) is 28.5 Å². The number of para-hydroxylation sites is 1. The van der Waals surface area contributed by atoms with Gasteiger partial charge in [0.05, 0.1) is 11.2 Å². The highest BCUT2D eigenvalue weighted by Crippen LogP contribution is 2.23. The number of hydrogen-bond donors (Lipinski definition) is 2. The van der Waals surface area contributed by atoms with Crippen molar-refractivity contribution in [3.8, 4) is 5.75 Å². The second kappa shape index (κ2) is 10.7. The largest absolute Gasteiger partial charge is 0.487 e. The lowest BCUT2D eigenvalue weighted by molar-refractivity contribution is 0.139. The number of pyridine rings is 1. The number of H-pyrrole nitrogens is 1. The van der Waals surface area contributed by atoms with E-state index in [1.54, 1.807) is 0 Å². The van der Waals surface area contributed by atoms with Gasteiger partial charge in [-0.15, -0.1) is 0 Å². The van der Waals surface area contributed by atoms with Gasteiger partial charge in [0.2, 0.25) is 0 Å². The lowest BCUT2D eigenvalue weighted by atomic mass is 10.2. The Morgan fingerprint density at radius 3 is 2.63 bits per heavy atom. The molecule has 5 aromatic rings. The summed E-state index contributed by atoms with van der Waals surface area (Å²) in [6.45, 7) is 1.24. The lowest BCUT2D eigenvalue weighted by Gasteiger charge is -2.07. The fraction of sp³-hybridized carbons (Fsp3) is 0.172. The topological polar surface area (TPSA) is 76.2 Å². The number of benzene rings is 3. The predicted molar refractivity (Wildman–Crippen MR) is 137 cm³/mol. The van der Waals surface area contributed by atoms with Crippen LogP contribution >= 0.6 is 0 Å². The summed E-state index contributed by atoms with van der Waals surface area (Å²) in [6, 6.07) is 29.9. The summed E-state index contributed by atoms with van der Waals surface area (Å²) >= 11 is 0. The SMILES string of the molecule is O=C(NCCCc1cc2cc(OCc3ccc4ccccc4n3)ccc2[nH]1)OCc1ccccc1. The molecule has 0 saturated carbocycles. The minimum atomic E-state index is -0.395. The molecular formula is C29H27N3O3. The van der Waals surface area contributed by atoms with E-state index < -0.39 is 6.09 Å². The van der Waals surface area contributed by atoms with E-state index >= 15 is 0 Å². The molecule has 0 spiro atoms. The third kappa shape index (κ3) is 5.98. The highest BCUT2D eigenvalue weighted by molar-refractivity contribution is 5.82. The molecule has 0 unspecified atom stereocenters. The Bertz CT molecular complexity index is 1430. The number of aromatic amines is 1. The number of fused-ring (bicyclic) bond motifs is 2. The van der Waals surface area contributed by atoms with E-state index in [0.717, 1.165) is 57.3 Å². The quantitative estimate of drug-likeness (QED) is 0.256. The maximum Gasteiger partial charge on any atom is 0.407 e. The standard InChI is InChI=1S/C29H27N3O3/c33-29(35-19-21-7-2-1-3-8-21)30-16-6-10-24-17-23-18-26(14-15-28(23)31-24)34-20-25-13-12-22-9-4-5-11-27(22)32-25/h1-5,7-9,11-15,17-18,31H,6,10,16,19-20H2,(H,30,33). The summed E-state index contributed by atoms with van der Waals surface area (Å²) < 4.78 is 11.2. The van der Waals surface area contributed by atoms with Crippen LogP contribution in [-0.4, -0.2) is 22.6 Å². The fourth-order valence-electron chi connectivity index (χ4n) is 3.98. The molecule has 0 bridgehead atoms. The van der Waals surface area contributed by atoms with Crippen LogP contribution < -0.4 is 10.1 Å². The van der Waals surface area contributed by atoms with E-state index in [4.69, 9.17) is 9.47 Å². The normalized spacial score (nSPS) is 11.0. The number of hydrogen-bond acceptors (Lipinski definition) is 4. The van der Waals surface area contributed by atoms with Crippen molar-refractivity contribution >= 4 is 27.9 Å². The van der Waals surface area contributed by atoms with Crippen LogP contribution in [-0.2, 0) is 24.4 Å². The van der Waals surface area contributed by atoms with E-state index in [0.29, 0.717) is 13.2 Å².